The molecule has 0 saturated heterocycles. The standard InChI is InChI=1S/C25H30F2N4O2/c1-16(2)12-13-29-23-15-31(14-18(23)4)25(32)30-19(5)22(28)11-6-17(3)20-7-9-21(10-8-20)33-24(26)27/h6-13,24H,5,14-15,28H2,1-4H3,(H,30,32)/b17-6+,22-11+,29-13-. The zero-order valence-corrected chi connectivity index (χ0v) is 19.4. The van der Waals surface area contributed by atoms with Gasteiger partial charge in [-0.3, -0.25) is 4.99 Å². The van der Waals surface area contributed by atoms with E-state index in [0.717, 1.165) is 28.0 Å². The molecule has 0 unspecified atom stereocenters. The van der Waals surface area contributed by atoms with Gasteiger partial charge in [0.2, 0.25) is 0 Å². The highest BCUT2D eigenvalue weighted by Crippen LogP contribution is 2.21. The first kappa shape index (κ1) is 25.6. The van der Waals surface area contributed by atoms with Crippen LogP contribution < -0.4 is 15.8 Å². The zero-order valence-electron chi connectivity index (χ0n) is 19.4. The first-order valence-corrected chi connectivity index (χ1v) is 10.4. The fourth-order valence-electron chi connectivity index (χ4n) is 2.91. The number of amides is 2. The van der Waals surface area contributed by atoms with Crippen LogP contribution in [-0.2, 0) is 0 Å². The number of alkyl halides is 2. The van der Waals surface area contributed by atoms with E-state index in [2.05, 4.69) is 21.6 Å². The molecule has 33 heavy (non-hydrogen) atoms. The lowest BCUT2D eigenvalue weighted by Crippen LogP contribution is -2.39. The largest absolute Gasteiger partial charge is 0.435 e. The summed E-state index contributed by atoms with van der Waals surface area (Å²) in [7, 11) is 0. The second kappa shape index (κ2) is 11.8. The molecule has 0 atom stereocenters. The minimum atomic E-state index is -2.86. The lowest BCUT2D eigenvalue weighted by Gasteiger charge is -2.18. The van der Waals surface area contributed by atoms with Crippen molar-refractivity contribution in [3.05, 3.63) is 82.9 Å². The van der Waals surface area contributed by atoms with Crippen LogP contribution in [0.4, 0.5) is 13.6 Å². The van der Waals surface area contributed by atoms with Crippen LogP contribution in [0.15, 0.2) is 82.3 Å². The number of rotatable bonds is 8. The molecule has 1 aliphatic rings. The predicted octanol–water partition coefficient (Wildman–Crippen LogP) is 5.38. The van der Waals surface area contributed by atoms with Gasteiger partial charge in [-0.1, -0.05) is 30.4 Å². The second-order valence-corrected chi connectivity index (χ2v) is 7.89. The average Bonchev–Trinajstić information content (AvgIpc) is 3.12. The van der Waals surface area contributed by atoms with Gasteiger partial charge in [-0.2, -0.15) is 8.78 Å². The van der Waals surface area contributed by atoms with Crippen LogP contribution in [0.3, 0.4) is 0 Å². The summed E-state index contributed by atoms with van der Waals surface area (Å²) < 4.78 is 28.9. The number of hydrogen-bond donors (Lipinski definition) is 2. The Morgan fingerprint density at radius 2 is 1.85 bits per heavy atom. The average molecular weight is 457 g/mol. The number of nitrogens with zero attached hydrogens (tertiary/aromatic N) is 2. The number of carbonyl (C=O) groups excluding carboxylic acids is 1. The van der Waals surface area contributed by atoms with Crippen LogP contribution in [0.2, 0.25) is 0 Å². The van der Waals surface area contributed by atoms with Crippen LogP contribution in [0.5, 0.6) is 5.75 Å². The van der Waals surface area contributed by atoms with Gasteiger partial charge in [0.15, 0.2) is 0 Å². The number of aliphatic imine (C=N–C) groups is 1. The molecule has 1 heterocycles. The number of allylic oxidation sites excluding steroid dienone is 5. The van der Waals surface area contributed by atoms with Crippen molar-refractivity contribution in [3.8, 4) is 5.75 Å². The van der Waals surface area contributed by atoms with Crippen LogP contribution in [0.1, 0.15) is 33.3 Å². The Hall–Kier alpha value is -3.68. The van der Waals surface area contributed by atoms with Crippen molar-refractivity contribution in [1.29, 1.82) is 0 Å². The van der Waals surface area contributed by atoms with E-state index in [1.807, 2.05) is 33.8 Å². The maximum absolute atomic E-state index is 12.6. The van der Waals surface area contributed by atoms with Gasteiger partial charge in [0, 0.05) is 12.8 Å². The number of carbonyl (C=O) groups is 1. The summed E-state index contributed by atoms with van der Waals surface area (Å²) in [4.78, 5) is 18.7. The van der Waals surface area contributed by atoms with Crippen LogP contribution in [0.25, 0.3) is 5.57 Å². The smallest absolute Gasteiger partial charge is 0.387 e. The van der Waals surface area contributed by atoms with Gasteiger partial charge in [0.05, 0.1) is 23.6 Å². The molecule has 2 rings (SSSR count). The van der Waals surface area contributed by atoms with Gasteiger partial charge < -0.3 is 20.7 Å². The molecule has 0 spiro atoms. The van der Waals surface area contributed by atoms with Crippen molar-refractivity contribution in [1.82, 2.24) is 10.2 Å². The van der Waals surface area contributed by atoms with Gasteiger partial charge in [0.25, 0.3) is 0 Å². The van der Waals surface area contributed by atoms with E-state index in [9.17, 15) is 13.6 Å². The molecule has 176 valence electrons. The number of nitrogens with two attached hydrogens (primary N) is 1. The molecule has 1 aromatic carbocycles. The number of benzene rings is 1. The Morgan fingerprint density at radius 1 is 1.18 bits per heavy atom. The topological polar surface area (TPSA) is 80.0 Å². The maximum Gasteiger partial charge on any atom is 0.387 e. The summed E-state index contributed by atoms with van der Waals surface area (Å²) in [6.07, 6.45) is 7.04. The molecule has 8 heteroatoms. The van der Waals surface area contributed by atoms with Gasteiger partial charge in [0.1, 0.15) is 5.75 Å². The van der Waals surface area contributed by atoms with E-state index >= 15 is 0 Å². The molecule has 0 saturated carbocycles. The molecule has 0 radical (unpaired) electrons. The monoisotopic (exact) mass is 456 g/mol. The van der Waals surface area contributed by atoms with Crippen molar-refractivity contribution in [3.63, 3.8) is 0 Å². The normalized spacial score (nSPS) is 14.8. The Kier molecular flexibility index (Phi) is 9.15. The highest BCUT2D eigenvalue weighted by Gasteiger charge is 2.23. The van der Waals surface area contributed by atoms with Crippen molar-refractivity contribution < 1.29 is 18.3 Å². The number of urea groups is 1. The Bertz CT molecular complexity index is 1030. The van der Waals surface area contributed by atoms with Crippen LogP contribution >= 0.6 is 0 Å². The minimum Gasteiger partial charge on any atom is -0.435 e. The molecule has 0 fully saturated rings. The second-order valence-electron chi connectivity index (χ2n) is 7.89. The molecule has 2 amide bonds. The summed E-state index contributed by atoms with van der Waals surface area (Å²) in [5, 5.41) is 2.72. The van der Waals surface area contributed by atoms with Gasteiger partial charge >= 0.3 is 12.6 Å². The predicted molar refractivity (Wildman–Crippen MR) is 129 cm³/mol. The highest BCUT2D eigenvalue weighted by molar-refractivity contribution is 5.79. The number of ether oxygens (including phenoxy) is 1. The first-order valence-electron chi connectivity index (χ1n) is 10.4. The fraction of sp³-hybridized carbons (Fsp3) is 0.280. The molecule has 0 aromatic heterocycles. The molecule has 1 aliphatic heterocycles. The molecule has 0 bridgehead atoms. The van der Waals surface area contributed by atoms with Crippen molar-refractivity contribution in [2.75, 3.05) is 13.1 Å². The lowest BCUT2D eigenvalue weighted by molar-refractivity contribution is -0.0498. The molecule has 1 aromatic rings. The third kappa shape index (κ3) is 8.07. The van der Waals surface area contributed by atoms with E-state index in [1.54, 1.807) is 35.4 Å². The number of halogens is 2. The van der Waals surface area contributed by atoms with Crippen molar-refractivity contribution >= 4 is 17.8 Å². The number of hydrogen-bond acceptors (Lipinski definition) is 4. The molecule has 0 aliphatic carbocycles. The minimum absolute atomic E-state index is 0.0881. The quantitative estimate of drug-likeness (QED) is 0.407. The first-order chi connectivity index (χ1) is 15.6. The van der Waals surface area contributed by atoms with Crippen molar-refractivity contribution in [2.24, 2.45) is 10.7 Å². The van der Waals surface area contributed by atoms with Crippen LogP contribution in [-0.4, -0.2) is 36.8 Å². The summed E-state index contributed by atoms with van der Waals surface area (Å²) in [6, 6.07) is 5.97. The van der Waals surface area contributed by atoms with E-state index in [0.29, 0.717) is 18.8 Å². The molecular weight excluding hydrogens is 426 g/mol. The zero-order chi connectivity index (χ0) is 24.5. The Balaban J connectivity index is 1.94. The van der Waals surface area contributed by atoms with E-state index in [-0.39, 0.29) is 17.5 Å². The summed E-state index contributed by atoms with van der Waals surface area (Å²) in [5.74, 6) is 0.0881. The summed E-state index contributed by atoms with van der Waals surface area (Å²) >= 11 is 0. The molecule has 3 N–H and O–H groups in total. The van der Waals surface area contributed by atoms with Gasteiger partial charge in [-0.15, -0.1) is 0 Å². The van der Waals surface area contributed by atoms with Gasteiger partial charge in [-0.25, -0.2) is 4.79 Å². The Morgan fingerprint density at radius 3 is 2.45 bits per heavy atom. The van der Waals surface area contributed by atoms with E-state index < -0.39 is 6.61 Å². The van der Waals surface area contributed by atoms with E-state index in [1.165, 1.54) is 12.1 Å². The third-order valence-corrected chi connectivity index (χ3v) is 4.84. The molecule has 6 nitrogen and oxygen atoms in total. The van der Waals surface area contributed by atoms with E-state index in [4.69, 9.17) is 5.73 Å². The van der Waals surface area contributed by atoms with Crippen molar-refractivity contribution in [2.45, 2.75) is 34.3 Å². The maximum atomic E-state index is 12.6. The summed E-state index contributed by atoms with van der Waals surface area (Å²) in [5.41, 5.74) is 11.3. The van der Waals surface area contributed by atoms with Gasteiger partial charge in [-0.05, 0) is 68.7 Å². The molecular formula is C25H30F2N4O2. The highest BCUT2D eigenvalue weighted by atomic mass is 19.3. The number of nitrogens with one attached hydrogen (secondary N) is 1. The Labute approximate surface area is 193 Å². The fourth-order valence-corrected chi connectivity index (χ4v) is 2.91. The van der Waals surface area contributed by atoms with Crippen LogP contribution in [0, 0.1) is 0 Å². The lowest BCUT2D eigenvalue weighted by atomic mass is 10.1. The SMILES string of the molecule is C=C(NC(=O)N1CC(C)=C(/N=C\C=C(C)C)C1)/C(N)=C\C=C(/C)c1ccc(OC(F)F)cc1. The third-order valence-electron chi connectivity index (χ3n) is 4.84. The summed E-state index contributed by atoms with van der Waals surface area (Å²) in [6.45, 7) is 9.65.